The normalized spacial score (nSPS) is 10.9. The summed E-state index contributed by atoms with van der Waals surface area (Å²) in [5, 5.41) is 16.1. The molecule has 0 aliphatic rings. The summed E-state index contributed by atoms with van der Waals surface area (Å²) in [5.41, 5.74) is 4.99. The van der Waals surface area contributed by atoms with Gasteiger partial charge in [0.05, 0.1) is 24.8 Å². The maximum atomic E-state index is 11.9. The Hall–Kier alpha value is -2.55. The van der Waals surface area contributed by atoms with Crippen LogP contribution in [0.15, 0.2) is 57.3 Å². The topological polar surface area (TPSA) is 83.8 Å². The van der Waals surface area contributed by atoms with E-state index >= 15 is 0 Å². The second-order valence-corrected chi connectivity index (χ2v) is 8.04. The summed E-state index contributed by atoms with van der Waals surface area (Å²) in [5.74, 6) is 0.340. The number of methoxy groups -OCH3 is 1. The predicted octanol–water partition coefficient (Wildman–Crippen LogP) is 4.42. The minimum absolute atomic E-state index is 0.0431. The molecule has 0 saturated heterocycles. The second kappa shape index (κ2) is 9.59. The zero-order chi connectivity index (χ0) is 19.9. The molecular weight excluding hydrogens is 418 g/mol. The summed E-state index contributed by atoms with van der Waals surface area (Å²) in [6.45, 7) is 0. The third kappa shape index (κ3) is 5.48. The van der Waals surface area contributed by atoms with Crippen molar-refractivity contribution in [3.63, 3.8) is 0 Å². The number of nitrogens with zero attached hydrogens (tertiary/aromatic N) is 2. The fourth-order valence-corrected chi connectivity index (χ4v) is 3.94. The molecule has 0 atom stereocenters. The van der Waals surface area contributed by atoms with E-state index in [-0.39, 0.29) is 17.4 Å². The first-order valence-corrected chi connectivity index (χ1v) is 10.3. The van der Waals surface area contributed by atoms with E-state index in [2.05, 4.69) is 15.5 Å². The van der Waals surface area contributed by atoms with Gasteiger partial charge in [-0.1, -0.05) is 35.5 Å². The van der Waals surface area contributed by atoms with Crippen LogP contribution in [0.1, 0.15) is 5.56 Å². The van der Waals surface area contributed by atoms with Gasteiger partial charge in [-0.05, 0) is 35.9 Å². The largest absolute Gasteiger partial charge is 0.504 e. The quantitative estimate of drug-likeness (QED) is 0.327. The summed E-state index contributed by atoms with van der Waals surface area (Å²) >= 11 is 8.72. The van der Waals surface area contributed by atoms with E-state index in [1.165, 1.54) is 42.5 Å². The van der Waals surface area contributed by atoms with Gasteiger partial charge in [-0.25, -0.2) is 10.4 Å². The Morgan fingerprint density at radius 3 is 2.89 bits per heavy atom. The molecule has 0 spiro atoms. The number of hydrogen-bond acceptors (Lipinski definition) is 7. The first-order valence-electron chi connectivity index (χ1n) is 8.08. The van der Waals surface area contributed by atoms with Crippen LogP contribution in [-0.2, 0) is 4.79 Å². The Labute approximate surface area is 175 Å². The van der Waals surface area contributed by atoms with Crippen LogP contribution in [0.25, 0.3) is 11.3 Å². The lowest BCUT2D eigenvalue weighted by atomic mass is 10.2. The number of amides is 1. The molecule has 3 rings (SSSR count). The summed E-state index contributed by atoms with van der Waals surface area (Å²) in [4.78, 5) is 16.5. The van der Waals surface area contributed by atoms with Gasteiger partial charge in [0.2, 0.25) is 0 Å². The maximum Gasteiger partial charge on any atom is 0.250 e. The fourth-order valence-electron chi connectivity index (χ4n) is 2.19. The molecule has 2 aromatic carbocycles. The number of thioether (sulfide) groups is 1. The van der Waals surface area contributed by atoms with E-state index in [1.54, 1.807) is 12.1 Å². The number of hydrogen-bond donors (Lipinski definition) is 2. The first-order chi connectivity index (χ1) is 13.5. The SMILES string of the molecule is COc1cc(/C=N/NC(=O)CSc2nc(-c3ccc(Cl)cc3)cs2)ccc1O. The van der Waals surface area contributed by atoms with Crippen LogP contribution in [0.3, 0.4) is 0 Å². The number of carbonyl (C=O) groups excluding carboxylic acids is 1. The van der Waals surface area contributed by atoms with Crippen LogP contribution in [0, 0.1) is 0 Å². The van der Waals surface area contributed by atoms with Gasteiger partial charge >= 0.3 is 0 Å². The minimum Gasteiger partial charge on any atom is -0.504 e. The number of phenols is 1. The number of ether oxygens (including phenoxy) is 1. The van der Waals surface area contributed by atoms with Crippen LogP contribution in [-0.4, -0.2) is 35.1 Å². The molecule has 3 aromatic rings. The third-order valence-electron chi connectivity index (χ3n) is 3.56. The standard InChI is InChI=1S/C19H16ClN3O3S2/c1-26-17-8-12(2-7-16(17)24)9-21-23-18(25)11-28-19-22-15(10-27-19)13-3-5-14(20)6-4-13/h2-10,24H,11H2,1H3,(H,23,25)/b21-9+. The molecule has 1 amide bonds. The number of nitrogens with one attached hydrogen (secondary N) is 1. The summed E-state index contributed by atoms with van der Waals surface area (Å²) in [7, 11) is 1.46. The highest BCUT2D eigenvalue weighted by Gasteiger charge is 2.08. The number of aromatic nitrogens is 1. The lowest BCUT2D eigenvalue weighted by Gasteiger charge is -2.03. The van der Waals surface area contributed by atoms with Crippen molar-refractivity contribution < 1.29 is 14.6 Å². The molecule has 0 fully saturated rings. The highest BCUT2D eigenvalue weighted by atomic mass is 35.5. The number of hydrazone groups is 1. The molecule has 0 aliphatic heterocycles. The van der Waals surface area contributed by atoms with Crippen molar-refractivity contribution in [2.24, 2.45) is 5.10 Å². The predicted molar refractivity (Wildman–Crippen MR) is 114 cm³/mol. The van der Waals surface area contributed by atoms with E-state index in [0.29, 0.717) is 16.3 Å². The number of halogens is 1. The molecule has 144 valence electrons. The Kier molecular flexibility index (Phi) is 6.91. The van der Waals surface area contributed by atoms with Gasteiger partial charge in [-0.2, -0.15) is 5.10 Å². The zero-order valence-corrected chi connectivity index (χ0v) is 17.1. The number of carbonyl (C=O) groups is 1. The molecule has 9 heteroatoms. The molecular formula is C19H16ClN3O3S2. The molecule has 2 N–H and O–H groups in total. The van der Waals surface area contributed by atoms with Crippen molar-refractivity contribution in [1.82, 2.24) is 10.4 Å². The van der Waals surface area contributed by atoms with Crippen LogP contribution in [0.2, 0.25) is 5.02 Å². The van der Waals surface area contributed by atoms with Crippen LogP contribution in [0.4, 0.5) is 0 Å². The summed E-state index contributed by atoms with van der Waals surface area (Å²) in [6.07, 6.45) is 1.48. The van der Waals surface area contributed by atoms with Crippen LogP contribution < -0.4 is 10.2 Å². The zero-order valence-electron chi connectivity index (χ0n) is 14.8. The average molecular weight is 434 g/mol. The molecule has 28 heavy (non-hydrogen) atoms. The van der Waals surface area contributed by atoms with Crippen molar-refractivity contribution in [2.75, 3.05) is 12.9 Å². The monoisotopic (exact) mass is 433 g/mol. The molecule has 1 aromatic heterocycles. The van der Waals surface area contributed by atoms with Gasteiger partial charge in [-0.15, -0.1) is 11.3 Å². The number of phenolic OH excluding ortho intramolecular Hbond substituents is 1. The lowest BCUT2D eigenvalue weighted by molar-refractivity contribution is -0.118. The Morgan fingerprint density at radius 2 is 2.14 bits per heavy atom. The second-order valence-electron chi connectivity index (χ2n) is 5.52. The van der Waals surface area contributed by atoms with Crippen molar-refractivity contribution >= 4 is 46.8 Å². The Morgan fingerprint density at radius 1 is 1.36 bits per heavy atom. The maximum absolute atomic E-state index is 11.9. The Bertz CT molecular complexity index is 990. The molecule has 1 heterocycles. The van der Waals surface area contributed by atoms with Crippen molar-refractivity contribution in [3.05, 3.63) is 58.4 Å². The van der Waals surface area contributed by atoms with Crippen molar-refractivity contribution in [2.45, 2.75) is 4.34 Å². The first kappa shape index (κ1) is 20.2. The molecule has 6 nitrogen and oxygen atoms in total. The highest BCUT2D eigenvalue weighted by molar-refractivity contribution is 8.01. The van der Waals surface area contributed by atoms with Gasteiger partial charge in [0.15, 0.2) is 15.8 Å². The lowest BCUT2D eigenvalue weighted by Crippen LogP contribution is -2.19. The average Bonchev–Trinajstić information content (AvgIpc) is 3.17. The van der Waals surface area contributed by atoms with Crippen molar-refractivity contribution in [1.29, 1.82) is 0 Å². The van der Waals surface area contributed by atoms with Gasteiger partial charge in [0, 0.05) is 16.0 Å². The fraction of sp³-hybridized carbons (Fsp3) is 0.105. The van der Waals surface area contributed by atoms with Crippen LogP contribution in [0.5, 0.6) is 11.5 Å². The van der Waals surface area contributed by atoms with Crippen LogP contribution >= 0.6 is 34.7 Å². The van der Waals surface area contributed by atoms with E-state index in [0.717, 1.165) is 15.6 Å². The Balaban J connectivity index is 1.50. The van der Waals surface area contributed by atoms with E-state index < -0.39 is 0 Å². The van der Waals surface area contributed by atoms with Crippen molar-refractivity contribution in [3.8, 4) is 22.8 Å². The van der Waals surface area contributed by atoms with E-state index in [1.807, 2.05) is 29.6 Å². The number of aromatic hydroxyl groups is 1. The highest BCUT2D eigenvalue weighted by Crippen LogP contribution is 2.29. The number of benzene rings is 2. The third-order valence-corrected chi connectivity index (χ3v) is 5.83. The summed E-state index contributed by atoms with van der Waals surface area (Å²) in [6, 6.07) is 12.2. The molecule has 0 radical (unpaired) electrons. The smallest absolute Gasteiger partial charge is 0.250 e. The molecule has 0 saturated carbocycles. The van der Waals surface area contributed by atoms with E-state index in [9.17, 15) is 9.90 Å². The minimum atomic E-state index is -0.241. The molecule has 0 aliphatic carbocycles. The van der Waals surface area contributed by atoms with Gasteiger partial charge in [0.25, 0.3) is 5.91 Å². The summed E-state index contributed by atoms with van der Waals surface area (Å²) < 4.78 is 5.82. The van der Waals surface area contributed by atoms with Gasteiger partial charge in [-0.3, -0.25) is 4.79 Å². The van der Waals surface area contributed by atoms with Gasteiger partial charge in [0.1, 0.15) is 0 Å². The molecule has 0 unspecified atom stereocenters. The molecule has 0 bridgehead atoms. The van der Waals surface area contributed by atoms with E-state index in [4.69, 9.17) is 16.3 Å². The van der Waals surface area contributed by atoms with Gasteiger partial charge < -0.3 is 9.84 Å². The number of thiazole rings is 1. The number of rotatable bonds is 7.